The van der Waals surface area contributed by atoms with Gasteiger partial charge in [-0.1, -0.05) is 38.5 Å². The highest BCUT2D eigenvalue weighted by atomic mass is 16.4. The van der Waals surface area contributed by atoms with E-state index in [1.165, 1.54) is 5.56 Å². The Labute approximate surface area is 85.3 Å². The van der Waals surface area contributed by atoms with E-state index in [9.17, 15) is 5.21 Å². The lowest BCUT2D eigenvalue weighted by Gasteiger charge is -2.17. The fourth-order valence-corrected chi connectivity index (χ4v) is 1.37. The van der Waals surface area contributed by atoms with Gasteiger partial charge in [-0.25, -0.2) is 5.16 Å². The standard InChI is InChI=1S/C12H17NO/c1-9-5-7-10(8-6-9)11(13-14)12(2,3)4/h5-8,13H,1-4H3. The van der Waals surface area contributed by atoms with Gasteiger partial charge in [0, 0.05) is 11.0 Å². The van der Waals surface area contributed by atoms with E-state index < -0.39 is 0 Å². The highest BCUT2D eigenvalue weighted by molar-refractivity contribution is 5.99. The van der Waals surface area contributed by atoms with Crippen molar-refractivity contribution in [3.05, 3.63) is 40.6 Å². The van der Waals surface area contributed by atoms with Crippen molar-refractivity contribution in [2.45, 2.75) is 27.7 Å². The van der Waals surface area contributed by atoms with Crippen molar-refractivity contribution in [1.82, 2.24) is 0 Å². The summed E-state index contributed by atoms with van der Waals surface area (Å²) in [5, 5.41) is 12.9. The molecule has 0 aliphatic carbocycles. The van der Waals surface area contributed by atoms with Crippen LogP contribution in [-0.2, 0) is 0 Å². The lowest BCUT2D eigenvalue weighted by Crippen LogP contribution is -2.69. The molecule has 76 valence electrons. The molecule has 0 saturated heterocycles. The molecule has 0 saturated carbocycles. The molecule has 0 bridgehead atoms. The largest absolute Gasteiger partial charge is 0.625 e. The quantitative estimate of drug-likeness (QED) is 0.407. The van der Waals surface area contributed by atoms with Crippen molar-refractivity contribution in [3.8, 4) is 0 Å². The zero-order valence-electron chi connectivity index (χ0n) is 9.22. The fraction of sp³-hybridized carbons (Fsp3) is 0.417. The number of nitrogens with one attached hydrogen (secondary N) is 1. The molecule has 1 rings (SSSR count). The van der Waals surface area contributed by atoms with Crippen LogP contribution >= 0.6 is 0 Å². The molecule has 0 amide bonds. The molecule has 0 radical (unpaired) electrons. The van der Waals surface area contributed by atoms with E-state index in [4.69, 9.17) is 0 Å². The second kappa shape index (κ2) is 3.82. The Balaban J connectivity index is 3.10. The van der Waals surface area contributed by atoms with Crippen molar-refractivity contribution in [3.63, 3.8) is 0 Å². The minimum atomic E-state index is -0.142. The first-order valence-electron chi connectivity index (χ1n) is 4.78. The predicted octanol–water partition coefficient (Wildman–Crippen LogP) is 1.41. The molecular formula is C12H17NO. The molecule has 2 nitrogen and oxygen atoms in total. The molecule has 0 fully saturated rings. The molecule has 2 heteroatoms. The van der Waals surface area contributed by atoms with Gasteiger partial charge in [-0.3, -0.25) is 0 Å². The summed E-state index contributed by atoms with van der Waals surface area (Å²) in [6, 6.07) is 7.97. The van der Waals surface area contributed by atoms with Crippen molar-refractivity contribution < 1.29 is 5.16 Å². The van der Waals surface area contributed by atoms with Crippen molar-refractivity contribution in [2.75, 3.05) is 0 Å². The number of hydrogen-bond donors (Lipinski definition) is 1. The van der Waals surface area contributed by atoms with Crippen LogP contribution in [0.1, 0.15) is 31.9 Å². The predicted molar refractivity (Wildman–Crippen MR) is 59.1 cm³/mol. The lowest BCUT2D eigenvalue weighted by molar-refractivity contribution is -0.377. The first kappa shape index (κ1) is 10.8. The first-order chi connectivity index (χ1) is 6.45. The van der Waals surface area contributed by atoms with E-state index in [1.54, 1.807) is 0 Å². The van der Waals surface area contributed by atoms with Gasteiger partial charge in [-0.2, -0.15) is 0 Å². The monoisotopic (exact) mass is 191 g/mol. The summed E-state index contributed by atoms with van der Waals surface area (Å²) in [4.78, 5) is 0. The van der Waals surface area contributed by atoms with Crippen LogP contribution < -0.4 is 5.16 Å². The average Bonchev–Trinajstić information content (AvgIpc) is 2.07. The summed E-state index contributed by atoms with van der Waals surface area (Å²) in [7, 11) is 0. The minimum Gasteiger partial charge on any atom is -0.625 e. The normalized spacial score (nSPS) is 13.0. The van der Waals surface area contributed by atoms with Crippen LogP contribution in [0.2, 0.25) is 0 Å². The molecule has 0 aromatic heterocycles. The Kier molecular flexibility index (Phi) is 2.94. The summed E-state index contributed by atoms with van der Waals surface area (Å²) in [6.07, 6.45) is 0. The van der Waals surface area contributed by atoms with Crippen LogP contribution in [0.3, 0.4) is 0 Å². The second-order valence-electron chi connectivity index (χ2n) is 4.59. The maximum Gasteiger partial charge on any atom is 0.197 e. The van der Waals surface area contributed by atoms with E-state index in [1.807, 2.05) is 57.1 Å². The molecule has 14 heavy (non-hydrogen) atoms. The molecule has 0 heterocycles. The molecule has 0 unspecified atom stereocenters. The Bertz CT molecular complexity index is 330. The maximum atomic E-state index is 10.9. The summed E-state index contributed by atoms with van der Waals surface area (Å²) in [5.41, 5.74) is 2.76. The third-order valence-electron chi connectivity index (χ3n) is 2.19. The van der Waals surface area contributed by atoms with Gasteiger partial charge in [0.05, 0.1) is 0 Å². The van der Waals surface area contributed by atoms with E-state index >= 15 is 0 Å². The number of benzene rings is 1. The number of rotatable bonds is 1. The van der Waals surface area contributed by atoms with Gasteiger partial charge in [0.25, 0.3) is 0 Å². The number of hydrogen-bond acceptors (Lipinski definition) is 1. The molecule has 0 spiro atoms. The van der Waals surface area contributed by atoms with Crippen LogP contribution in [0, 0.1) is 17.5 Å². The van der Waals surface area contributed by atoms with Gasteiger partial charge < -0.3 is 5.21 Å². The maximum absolute atomic E-state index is 10.9. The fourth-order valence-electron chi connectivity index (χ4n) is 1.37. The van der Waals surface area contributed by atoms with E-state index in [0.717, 1.165) is 11.3 Å². The third kappa shape index (κ3) is 2.34. The highest BCUT2D eigenvalue weighted by Crippen LogP contribution is 2.18. The Morgan fingerprint density at radius 1 is 1.14 bits per heavy atom. The minimum absolute atomic E-state index is 0.142. The second-order valence-corrected chi connectivity index (χ2v) is 4.59. The van der Waals surface area contributed by atoms with Crippen LogP contribution in [-0.4, -0.2) is 5.71 Å². The first-order valence-corrected chi connectivity index (χ1v) is 4.78. The van der Waals surface area contributed by atoms with Gasteiger partial charge in [-0.05, 0) is 19.1 Å². The zero-order chi connectivity index (χ0) is 10.8. The topological polar surface area (TPSA) is 37.0 Å². The van der Waals surface area contributed by atoms with E-state index in [2.05, 4.69) is 0 Å². The van der Waals surface area contributed by atoms with Crippen molar-refractivity contribution in [1.29, 1.82) is 0 Å². The van der Waals surface area contributed by atoms with Crippen molar-refractivity contribution in [2.24, 2.45) is 5.41 Å². The third-order valence-corrected chi connectivity index (χ3v) is 2.19. The van der Waals surface area contributed by atoms with Crippen LogP contribution in [0.5, 0.6) is 0 Å². The number of aryl methyl sites for hydroxylation is 1. The Hall–Kier alpha value is -1.31. The summed E-state index contributed by atoms with van der Waals surface area (Å²) < 4.78 is 0. The molecule has 1 aromatic carbocycles. The van der Waals surface area contributed by atoms with Crippen LogP contribution in [0.4, 0.5) is 0 Å². The molecule has 1 aromatic rings. The van der Waals surface area contributed by atoms with Gasteiger partial charge >= 0.3 is 0 Å². The summed E-state index contributed by atoms with van der Waals surface area (Å²) >= 11 is 0. The lowest BCUT2D eigenvalue weighted by atomic mass is 9.85. The van der Waals surface area contributed by atoms with Gasteiger partial charge in [0.15, 0.2) is 5.71 Å². The van der Waals surface area contributed by atoms with Crippen LogP contribution in [0.15, 0.2) is 24.3 Å². The van der Waals surface area contributed by atoms with Gasteiger partial charge in [0.2, 0.25) is 0 Å². The average molecular weight is 191 g/mol. The van der Waals surface area contributed by atoms with E-state index in [-0.39, 0.29) is 5.41 Å². The van der Waals surface area contributed by atoms with Crippen molar-refractivity contribution >= 4 is 5.71 Å². The Morgan fingerprint density at radius 2 is 1.64 bits per heavy atom. The smallest absolute Gasteiger partial charge is 0.197 e. The van der Waals surface area contributed by atoms with Crippen LogP contribution in [0.25, 0.3) is 0 Å². The molecule has 0 aliphatic heterocycles. The molecule has 1 N–H and O–H groups in total. The highest BCUT2D eigenvalue weighted by Gasteiger charge is 2.25. The Morgan fingerprint density at radius 3 is 2.00 bits per heavy atom. The SMILES string of the molecule is Cc1ccc(C(=[NH+][O-])C(C)(C)C)cc1. The van der Waals surface area contributed by atoms with E-state index in [0.29, 0.717) is 0 Å². The van der Waals surface area contributed by atoms with Gasteiger partial charge in [0.1, 0.15) is 0 Å². The zero-order valence-corrected chi connectivity index (χ0v) is 9.22. The molecular weight excluding hydrogens is 174 g/mol. The molecule has 0 atom stereocenters. The summed E-state index contributed by atoms with van der Waals surface area (Å²) in [5.74, 6) is 0. The summed E-state index contributed by atoms with van der Waals surface area (Å²) in [6.45, 7) is 8.10. The molecule has 0 aliphatic rings. The van der Waals surface area contributed by atoms with Gasteiger partial charge in [-0.15, -0.1) is 0 Å².